The van der Waals surface area contributed by atoms with Crippen molar-refractivity contribution >= 4 is 28.0 Å². The van der Waals surface area contributed by atoms with Gasteiger partial charge in [-0.1, -0.05) is 34.1 Å². The Morgan fingerprint density at radius 3 is 2.74 bits per heavy atom. The van der Waals surface area contributed by atoms with E-state index in [0.717, 1.165) is 23.6 Å². The molecular formula is C19H24BrNO2. The van der Waals surface area contributed by atoms with E-state index in [0.29, 0.717) is 6.42 Å². The Labute approximate surface area is 146 Å². The lowest BCUT2D eigenvalue weighted by Gasteiger charge is -2.32. The highest BCUT2D eigenvalue weighted by Crippen LogP contribution is 2.40. The maximum atomic E-state index is 12.1. The Hall–Kier alpha value is -1.29. The number of carbonyl (C=O) groups is 1. The lowest BCUT2D eigenvalue weighted by molar-refractivity contribution is -0.153. The summed E-state index contributed by atoms with van der Waals surface area (Å²) in [4.78, 5) is 14.7. The van der Waals surface area contributed by atoms with Crippen LogP contribution in [0.1, 0.15) is 55.3 Å². The van der Waals surface area contributed by atoms with E-state index in [2.05, 4.69) is 39.2 Å². The Morgan fingerprint density at radius 2 is 2.09 bits per heavy atom. The van der Waals surface area contributed by atoms with Gasteiger partial charge in [0.05, 0.1) is 6.42 Å². The molecule has 0 N–H and O–H groups in total. The zero-order valence-corrected chi connectivity index (χ0v) is 15.6. The maximum Gasteiger partial charge on any atom is 0.310 e. The Kier molecular flexibility index (Phi) is 4.54. The summed E-state index contributed by atoms with van der Waals surface area (Å²) in [5.74, 6) is 0.664. The Balaban J connectivity index is 1.77. The molecule has 3 nitrogen and oxygen atoms in total. The number of ether oxygens (including phenoxy) is 1. The third kappa shape index (κ3) is 4.17. The number of benzene rings is 1. The highest BCUT2D eigenvalue weighted by molar-refractivity contribution is 9.09. The number of alkyl halides is 1. The van der Waals surface area contributed by atoms with Gasteiger partial charge in [0.1, 0.15) is 10.6 Å². The van der Waals surface area contributed by atoms with Crippen molar-refractivity contribution in [3.05, 3.63) is 41.1 Å². The van der Waals surface area contributed by atoms with Gasteiger partial charge in [0.2, 0.25) is 0 Å². The fourth-order valence-electron chi connectivity index (χ4n) is 2.91. The van der Waals surface area contributed by atoms with E-state index >= 15 is 0 Å². The number of rotatable bonds is 4. The molecule has 0 amide bonds. The molecular weight excluding hydrogens is 354 g/mol. The van der Waals surface area contributed by atoms with Crippen LogP contribution in [-0.2, 0) is 16.0 Å². The monoisotopic (exact) mass is 377 g/mol. The molecule has 4 heteroatoms. The molecule has 1 unspecified atom stereocenters. The molecule has 0 spiro atoms. The van der Waals surface area contributed by atoms with Crippen molar-refractivity contribution in [1.29, 1.82) is 0 Å². The van der Waals surface area contributed by atoms with Crippen LogP contribution in [0.3, 0.4) is 0 Å². The largest absolute Gasteiger partial charge is 0.460 e. The molecule has 2 aliphatic rings. The molecule has 1 heterocycles. The van der Waals surface area contributed by atoms with Gasteiger partial charge in [-0.2, -0.15) is 0 Å². The first kappa shape index (κ1) is 16.6. The minimum Gasteiger partial charge on any atom is -0.460 e. The molecule has 0 radical (unpaired) electrons. The summed E-state index contributed by atoms with van der Waals surface area (Å²) >= 11 is 3.82. The summed E-state index contributed by atoms with van der Waals surface area (Å²) in [5.41, 5.74) is 2.96. The first-order valence-electron chi connectivity index (χ1n) is 8.25. The maximum absolute atomic E-state index is 12.1. The average molecular weight is 378 g/mol. The van der Waals surface area contributed by atoms with Crippen molar-refractivity contribution in [2.45, 2.75) is 50.6 Å². The van der Waals surface area contributed by atoms with Crippen LogP contribution in [0, 0.1) is 5.92 Å². The lowest BCUT2D eigenvalue weighted by atomic mass is 9.96. The third-order valence-electron chi connectivity index (χ3n) is 4.13. The number of esters is 1. The van der Waals surface area contributed by atoms with Crippen molar-refractivity contribution in [2.24, 2.45) is 5.92 Å². The number of hydrogen-bond acceptors (Lipinski definition) is 3. The Bertz CT molecular complexity index is 629. The molecule has 1 fully saturated rings. The van der Waals surface area contributed by atoms with Gasteiger partial charge in [-0.25, -0.2) is 0 Å². The van der Waals surface area contributed by atoms with E-state index in [4.69, 9.17) is 4.74 Å². The predicted octanol–water partition coefficient (Wildman–Crippen LogP) is 4.66. The number of nitrogens with zero attached hydrogens (tertiary/aromatic N) is 1. The van der Waals surface area contributed by atoms with Crippen LogP contribution < -0.4 is 0 Å². The zero-order valence-electron chi connectivity index (χ0n) is 14.0. The molecule has 1 atom stereocenters. The second kappa shape index (κ2) is 6.31. The predicted molar refractivity (Wildman–Crippen MR) is 96.1 cm³/mol. The first-order chi connectivity index (χ1) is 10.8. The molecule has 1 aliphatic carbocycles. The van der Waals surface area contributed by atoms with Gasteiger partial charge in [-0.3, -0.25) is 4.79 Å². The van der Waals surface area contributed by atoms with E-state index < -0.39 is 5.60 Å². The van der Waals surface area contributed by atoms with Gasteiger partial charge in [-0.05, 0) is 62.3 Å². The van der Waals surface area contributed by atoms with Crippen molar-refractivity contribution in [2.75, 3.05) is 6.54 Å². The molecule has 23 heavy (non-hydrogen) atoms. The minimum absolute atomic E-state index is 0.175. The second-order valence-corrected chi connectivity index (χ2v) is 8.34. The summed E-state index contributed by atoms with van der Waals surface area (Å²) in [7, 11) is 0. The van der Waals surface area contributed by atoms with Crippen LogP contribution in [0.15, 0.2) is 24.4 Å². The first-order valence-corrected chi connectivity index (χ1v) is 9.17. The standard InChI is InChI=1S/C19H24BrNO2/c1-19(2,3)23-17(22)11-14-5-4-6-16-15(14)9-10-21(18(16)20)12-13-7-8-13/h4-6,9-10,13,18H,7-8,11-12H2,1-3H3. The van der Waals surface area contributed by atoms with Crippen LogP contribution in [0.2, 0.25) is 0 Å². The van der Waals surface area contributed by atoms with Crippen LogP contribution in [0.4, 0.5) is 0 Å². The van der Waals surface area contributed by atoms with Crippen molar-refractivity contribution in [3.63, 3.8) is 0 Å². The zero-order chi connectivity index (χ0) is 16.6. The van der Waals surface area contributed by atoms with Gasteiger partial charge >= 0.3 is 5.97 Å². The Morgan fingerprint density at radius 1 is 1.35 bits per heavy atom. The average Bonchev–Trinajstić information content (AvgIpc) is 3.24. The van der Waals surface area contributed by atoms with E-state index in [1.165, 1.54) is 18.4 Å². The molecule has 1 saturated carbocycles. The summed E-state index contributed by atoms with van der Waals surface area (Å²) in [6.07, 6.45) is 7.28. The normalized spacial score (nSPS) is 20.3. The van der Waals surface area contributed by atoms with Crippen LogP contribution >= 0.6 is 15.9 Å². The number of halogens is 1. The highest BCUT2D eigenvalue weighted by Gasteiger charge is 2.29. The van der Waals surface area contributed by atoms with Crippen LogP contribution in [0.5, 0.6) is 0 Å². The molecule has 0 bridgehead atoms. The number of fused-ring (bicyclic) bond motifs is 1. The molecule has 0 saturated heterocycles. The molecule has 1 aromatic rings. The molecule has 0 aromatic heterocycles. The van der Waals surface area contributed by atoms with Gasteiger partial charge in [0.25, 0.3) is 0 Å². The van der Waals surface area contributed by atoms with E-state index in [9.17, 15) is 4.79 Å². The summed E-state index contributed by atoms with van der Waals surface area (Å²) < 4.78 is 5.46. The SMILES string of the molecule is CC(C)(C)OC(=O)Cc1cccc2c1C=CN(CC1CC1)C2Br. The fourth-order valence-corrected chi connectivity index (χ4v) is 3.61. The van der Waals surface area contributed by atoms with Gasteiger partial charge in [0.15, 0.2) is 0 Å². The third-order valence-corrected chi connectivity index (χ3v) is 5.15. The van der Waals surface area contributed by atoms with E-state index in [1.807, 2.05) is 32.9 Å². The minimum atomic E-state index is -0.444. The quantitative estimate of drug-likeness (QED) is 0.434. The molecule has 3 rings (SSSR count). The number of hydrogen-bond donors (Lipinski definition) is 0. The van der Waals surface area contributed by atoms with E-state index in [1.54, 1.807) is 0 Å². The second-order valence-electron chi connectivity index (χ2n) is 7.47. The fraction of sp³-hybridized carbons (Fsp3) is 0.526. The van der Waals surface area contributed by atoms with Gasteiger partial charge in [0, 0.05) is 12.7 Å². The van der Waals surface area contributed by atoms with Crippen molar-refractivity contribution < 1.29 is 9.53 Å². The van der Waals surface area contributed by atoms with Crippen LogP contribution in [0.25, 0.3) is 6.08 Å². The van der Waals surface area contributed by atoms with Gasteiger partial charge < -0.3 is 9.64 Å². The lowest BCUT2D eigenvalue weighted by Crippen LogP contribution is -2.27. The smallest absolute Gasteiger partial charge is 0.310 e. The van der Waals surface area contributed by atoms with Crippen molar-refractivity contribution in [1.82, 2.24) is 4.90 Å². The summed E-state index contributed by atoms with van der Waals surface area (Å²) in [6.45, 7) is 6.79. The van der Waals surface area contributed by atoms with E-state index in [-0.39, 0.29) is 10.9 Å². The molecule has 124 valence electrons. The highest BCUT2D eigenvalue weighted by atomic mass is 79.9. The topological polar surface area (TPSA) is 29.5 Å². The molecule has 1 aliphatic heterocycles. The summed E-state index contributed by atoms with van der Waals surface area (Å²) in [6, 6.07) is 6.18. The summed E-state index contributed by atoms with van der Waals surface area (Å²) in [5, 5.41) is 0. The van der Waals surface area contributed by atoms with Gasteiger partial charge in [-0.15, -0.1) is 0 Å². The van der Waals surface area contributed by atoms with Crippen molar-refractivity contribution in [3.8, 4) is 0 Å². The van der Waals surface area contributed by atoms with Crippen LogP contribution in [-0.4, -0.2) is 23.0 Å². The number of carbonyl (C=O) groups excluding carboxylic acids is 1. The molecule has 1 aromatic carbocycles.